The van der Waals surface area contributed by atoms with E-state index in [1.165, 1.54) is 7.11 Å². The molecule has 0 saturated carbocycles. The molecule has 0 aliphatic rings. The zero-order valence-corrected chi connectivity index (χ0v) is 11.5. The van der Waals surface area contributed by atoms with Crippen LogP contribution in [0.5, 0.6) is 0 Å². The molecule has 0 radical (unpaired) electrons. The van der Waals surface area contributed by atoms with E-state index >= 15 is 0 Å². The number of rotatable bonds is 4. The van der Waals surface area contributed by atoms with E-state index in [1.54, 1.807) is 6.20 Å². The van der Waals surface area contributed by atoms with Crippen LogP contribution in [0.15, 0.2) is 36.5 Å². The molecule has 5 nitrogen and oxygen atoms in total. The summed E-state index contributed by atoms with van der Waals surface area (Å²) in [5, 5.41) is 3.02. The number of nitrogens with one attached hydrogen (secondary N) is 1. The van der Waals surface area contributed by atoms with Crippen molar-refractivity contribution in [3.05, 3.63) is 42.1 Å². The number of anilines is 2. The minimum absolute atomic E-state index is 0.249. The molecule has 1 heterocycles. The molecule has 0 amide bonds. The molecule has 20 heavy (non-hydrogen) atoms. The molecule has 0 bridgehead atoms. The Morgan fingerprint density at radius 1 is 1.35 bits per heavy atom. The van der Waals surface area contributed by atoms with E-state index in [4.69, 9.17) is 5.73 Å². The second-order valence-corrected chi connectivity index (χ2v) is 4.36. The quantitative estimate of drug-likeness (QED) is 0.833. The van der Waals surface area contributed by atoms with E-state index in [0.29, 0.717) is 5.69 Å². The summed E-state index contributed by atoms with van der Waals surface area (Å²) in [5.74, 6) is -0.249. The maximum atomic E-state index is 11.2. The molecule has 0 aliphatic heterocycles. The molecule has 104 valence electrons. The summed E-state index contributed by atoms with van der Waals surface area (Å²) in [6.07, 6.45) is 1.90. The number of methoxy groups -OCH3 is 1. The second-order valence-electron chi connectivity index (χ2n) is 4.36. The number of nitrogens with zero attached hydrogens (tertiary/aromatic N) is 1. The largest absolute Gasteiger partial charge is 0.469 e. The maximum absolute atomic E-state index is 11.2. The van der Waals surface area contributed by atoms with Crippen LogP contribution < -0.4 is 11.1 Å². The minimum Gasteiger partial charge on any atom is -0.469 e. The van der Waals surface area contributed by atoms with Gasteiger partial charge in [-0.15, -0.1) is 0 Å². The van der Waals surface area contributed by atoms with Gasteiger partial charge >= 0.3 is 5.97 Å². The van der Waals surface area contributed by atoms with Crippen LogP contribution in [0.3, 0.4) is 0 Å². The monoisotopic (exact) mass is 271 g/mol. The average molecular weight is 271 g/mol. The summed E-state index contributed by atoms with van der Waals surface area (Å²) in [6.45, 7) is 0. The highest BCUT2D eigenvalue weighted by Crippen LogP contribution is 2.24. The van der Waals surface area contributed by atoms with Gasteiger partial charge in [-0.3, -0.25) is 9.78 Å². The SMILES string of the molecule is CNc1cc(-c2ccc(CC(=O)OC)cc2)ncc1N. The van der Waals surface area contributed by atoms with Gasteiger partial charge in [-0.2, -0.15) is 0 Å². The van der Waals surface area contributed by atoms with Crippen molar-refractivity contribution < 1.29 is 9.53 Å². The van der Waals surface area contributed by atoms with Gasteiger partial charge in [-0.25, -0.2) is 0 Å². The summed E-state index contributed by atoms with van der Waals surface area (Å²) >= 11 is 0. The van der Waals surface area contributed by atoms with Crippen molar-refractivity contribution in [2.45, 2.75) is 6.42 Å². The van der Waals surface area contributed by atoms with Crippen molar-refractivity contribution in [2.75, 3.05) is 25.2 Å². The lowest BCUT2D eigenvalue weighted by molar-refractivity contribution is -0.139. The van der Waals surface area contributed by atoms with Gasteiger partial charge in [-0.05, 0) is 11.6 Å². The van der Waals surface area contributed by atoms with E-state index in [-0.39, 0.29) is 12.4 Å². The van der Waals surface area contributed by atoms with E-state index in [0.717, 1.165) is 22.5 Å². The highest BCUT2D eigenvalue weighted by Gasteiger charge is 2.06. The molecule has 2 aromatic rings. The Morgan fingerprint density at radius 3 is 2.65 bits per heavy atom. The number of nitrogens with two attached hydrogens (primary N) is 1. The molecular formula is C15H17N3O2. The Labute approximate surface area is 117 Å². The lowest BCUT2D eigenvalue weighted by Crippen LogP contribution is -2.04. The fourth-order valence-electron chi connectivity index (χ4n) is 1.87. The van der Waals surface area contributed by atoms with Crippen molar-refractivity contribution in [3.8, 4) is 11.3 Å². The van der Waals surface area contributed by atoms with Gasteiger partial charge in [0.2, 0.25) is 0 Å². The Morgan fingerprint density at radius 2 is 2.05 bits per heavy atom. The Balaban J connectivity index is 2.23. The van der Waals surface area contributed by atoms with Crippen LogP contribution in [0.2, 0.25) is 0 Å². The van der Waals surface area contributed by atoms with Crippen molar-refractivity contribution >= 4 is 17.3 Å². The number of benzene rings is 1. The number of carbonyl (C=O) groups is 1. The van der Waals surface area contributed by atoms with Crippen LogP contribution >= 0.6 is 0 Å². The Bertz CT molecular complexity index is 609. The third-order valence-electron chi connectivity index (χ3n) is 3.03. The van der Waals surface area contributed by atoms with Gasteiger partial charge in [0.1, 0.15) is 0 Å². The van der Waals surface area contributed by atoms with E-state index in [9.17, 15) is 4.79 Å². The summed E-state index contributed by atoms with van der Waals surface area (Å²) in [5.41, 5.74) is 9.95. The number of nitrogen functional groups attached to an aromatic ring is 1. The average Bonchev–Trinajstić information content (AvgIpc) is 2.48. The van der Waals surface area contributed by atoms with Crippen LogP contribution in [-0.4, -0.2) is 25.1 Å². The first kappa shape index (κ1) is 13.9. The van der Waals surface area contributed by atoms with Crippen LogP contribution in [0.4, 0.5) is 11.4 Å². The zero-order valence-electron chi connectivity index (χ0n) is 11.5. The predicted octanol–water partition coefficient (Wildman–Crippen LogP) is 2.09. The number of carbonyl (C=O) groups excluding carboxylic acids is 1. The van der Waals surface area contributed by atoms with Crippen LogP contribution in [0.25, 0.3) is 11.3 Å². The maximum Gasteiger partial charge on any atom is 0.309 e. The molecule has 0 aliphatic carbocycles. The fraction of sp³-hybridized carbons (Fsp3) is 0.200. The molecule has 1 aromatic heterocycles. The van der Waals surface area contributed by atoms with E-state index in [1.807, 2.05) is 37.4 Å². The van der Waals surface area contributed by atoms with Crippen LogP contribution in [0, 0.1) is 0 Å². The first-order chi connectivity index (χ1) is 9.63. The number of hydrogen-bond acceptors (Lipinski definition) is 5. The van der Waals surface area contributed by atoms with Gasteiger partial charge in [0.15, 0.2) is 0 Å². The summed E-state index contributed by atoms with van der Waals surface area (Å²) in [4.78, 5) is 15.5. The highest BCUT2D eigenvalue weighted by atomic mass is 16.5. The minimum atomic E-state index is -0.249. The highest BCUT2D eigenvalue weighted by molar-refractivity contribution is 5.74. The number of esters is 1. The first-order valence-corrected chi connectivity index (χ1v) is 6.23. The summed E-state index contributed by atoms with van der Waals surface area (Å²) in [7, 11) is 3.20. The third kappa shape index (κ3) is 3.06. The molecule has 5 heteroatoms. The summed E-state index contributed by atoms with van der Waals surface area (Å²) < 4.78 is 4.64. The Hall–Kier alpha value is -2.56. The van der Waals surface area contributed by atoms with Crippen molar-refractivity contribution in [3.63, 3.8) is 0 Å². The van der Waals surface area contributed by atoms with Crippen molar-refractivity contribution in [1.29, 1.82) is 0 Å². The number of hydrogen-bond donors (Lipinski definition) is 2. The topological polar surface area (TPSA) is 77.2 Å². The fourth-order valence-corrected chi connectivity index (χ4v) is 1.87. The molecule has 0 spiro atoms. The molecule has 0 fully saturated rings. The van der Waals surface area contributed by atoms with Gasteiger partial charge in [-0.1, -0.05) is 24.3 Å². The predicted molar refractivity (Wildman–Crippen MR) is 79.4 cm³/mol. The molecule has 0 unspecified atom stereocenters. The summed E-state index contributed by atoms with van der Waals surface area (Å²) in [6, 6.07) is 9.53. The van der Waals surface area contributed by atoms with Gasteiger partial charge in [0.05, 0.1) is 36.8 Å². The van der Waals surface area contributed by atoms with Crippen LogP contribution in [-0.2, 0) is 16.0 Å². The molecular weight excluding hydrogens is 254 g/mol. The van der Waals surface area contributed by atoms with Crippen LogP contribution in [0.1, 0.15) is 5.56 Å². The van der Waals surface area contributed by atoms with Crippen molar-refractivity contribution in [1.82, 2.24) is 4.98 Å². The van der Waals surface area contributed by atoms with Gasteiger partial charge in [0, 0.05) is 12.6 Å². The normalized spacial score (nSPS) is 10.1. The molecule has 0 atom stereocenters. The number of ether oxygens (including phenoxy) is 1. The second kappa shape index (κ2) is 6.06. The van der Waals surface area contributed by atoms with Gasteiger partial charge in [0.25, 0.3) is 0 Å². The van der Waals surface area contributed by atoms with Crippen molar-refractivity contribution in [2.24, 2.45) is 0 Å². The number of pyridine rings is 1. The molecule has 2 rings (SSSR count). The number of aromatic nitrogens is 1. The third-order valence-corrected chi connectivity index (χ3v) is 3.03. The van der Waals surface area contributed by atoms with E-state index in [2.05, 4.69) is 15.0 Å². The first-order valence-electron chi connectivity index (χ1n) is 6.23. The van der Waals surface area contributed by atoms with Gasteiger partial charge < -0.3 is 15.8 Å². The zero-order chi connectivity index (χ0) is 14.5. The standard InChI is InChI=1S/C15H17N3O2/c1-17-14-8-13(18-9-12(14)16)11-5-3-10(4-6-11)7-15(19)20-2/h3-6,8-9H,7,16H2,1-2H3,(H,17,18). The van der Waals surface area contributed by atoms with E-state index < -0.39 is 0 Å². The lowest BCUT2D eigenvalue weighted by Gasteiger charge is -2.08. The lowest BCUT2D eigenvalue weighted by atomic mass is 10.1. The molecule has 3 N–H and O–H groups in total. The Kier molecular flexibility index (Phi) is 4.20. The molecule has 0 saturated heterocycles. The molecule has 1 aromatic carbocycles. The smallest absolute Gasteiger partial charge is 0.309 e.